The second-order valence-electron chi connectivity index (χ2n) is 5.57. The van der Waals surface area contributed by atoms with E-state index in [0.717, 1.165) is 39.0 Å². The summed E-state index contributed by atoms with van der Waals surface area (Å²) in [6.45, 7) is 5.62. The molecule has 1 atom stereocenters. The van der Waals surface area contributed by atoms with Gasteiger partial charge in [0.05, 0.1) is 12.6 Å². The average molecular weight is 290 g/mol. The summed E-state index contributed by atoms with van der Waals surface area (Å²) in [4.78, 5) is 14.3. The summed E-state index contributed by atoms with van der Waals surface area (Å²) in [6, 6.07) is 10.2. The molecule has 1 saturated heterocycles. The first-order valence-electron chi connectivity index (χ1n) is 7.93. The van der Waals surface area contributed by atoms with E-state index in [0.29, 0.717) is 13.1 Å². The van der Waals surface area contributed by atoms with Crippen LogP contribution in [0.5, 0.6) is 0 Å². The number of amides is 1. The van der Waals surface area contributed by atoms with Crippen LogP contribution < -0.4 is 5.32 Å². The molecular formula is C17H26N2O2. The van der Waals surface area contributed by atoms with Crippen molar-refractivity contribution in [3.05, 3.63) is 35.9 Å². The monoisotopic (exact) mass is 290 g/mol. The van der Waals surface area contributed by atoms with Gasteiger partial charge in [-0.25, -0.2) is 0 Å². The number of ether oxygens (including phenoxy) is 1. The van der Waals surface area contributed by atoms with Gasteiger partial charge in [-0.05, 0) is 24.8 Å². The van der Waals surface area contributed by atoms with Crippen LogP contribution in [0, 0.1) is 0 Å². The highest BCUT2D eigenvalue weighted by molar-refractivity contribution is 5.78. The van der Waals surface area contributed by atoms with E-state index in [1.807, 2.05) is 23.1 Å². The number of carbonyl (C=O) groups excluding carboxylic acids is 1. The zero-order chi connectivity index (χ0) is 14.9. The number of hydrogen-bond donors (Lipinski definition) is 1. The first-order chi connectivity index (χ1) is 10.3. The van der Waals surface area contributed by atoms with Crippen molar-refractivity contribution in [2.45, 2.75) is 38.8 Å². The van der Waals surface area contributed by atoms with Crippen molar-refractivity contribution in [2.75, 3.05) is 26.2 Å². The number of rotatable bonds is 8. The molecule has 0 radical (unpaired) electrons. The maximum Gasteiger partial charge on any atom is 0.236 e. The minimum absolute atomic E-state index is 0.165. The highest BCUT2D eigenvalue weighted by Gasteiger charge is 2.17. The molecule has 1 aromatic carbocycles. The summed E-state index contributed by atoms with van der Waals surface area (Å²) in [5.41, 5.74) is 1.18. The Labute approximate surface area is 127 Å². The van der Waals surface area contributed by atoms with Gasteiger partial charge in [0, 0.05) is 26.2 Å². The van der Waals surface area contributed by atoms with E-state index in [1.165, 1.54) is 5.56 Å². The molecule has 116 valence electrons. The number of carbonyl (C=O) groups is 1. The predicted octanol–water partition coefficient (Wildman–Crippen LogP) is 2.19. The molecule has 0 bridgehead atoms. The lowest BCUT2D eigenvalue weighted by atomic mass is 10.2. The Balaban J connectivity index is 1.77. The number of nitrogens with one attached hydrogen (secondary N) is 1. The Bertz CT molecular complexity index is 416. The molecular weight excluding hydrogens is 264 g/mol. The van der Waals surface area contributed by atoms with Crippen molar-refractivity contribution in [3.63, 3.8) is 0 Å². The van der Waals surface area contributed by atoms with E-state index in [9.17, 15) is 4.79 Å². The Kier molecular flexibility index (Phi) is 6.70. The zero-order valence-corrected chi connectivity index (χ0v) is 12.9. The van der Waals surface area contributed by atoms with Crippen molar-refractivity contribution in [1.29, 1.82) is 0 Å². The normalized spacial score (nSPS) is 17.9. The summed E-state index contributed by atoms with van der Waals surface area (Å²) >= 11 is 0. The summed E-state index contributed by atoms with van der Waals surface area (Å²) in [5.74, 6) is 0.165. The van der Waals surface area contributed by atoms with Gasteiger partial charge in [0.25, 0.3) is 0 Å². The van der Waals surface area contributed by atoms with E-state index in [1.54, 1.807) is 0 Å². The van der Waals surface area contributed by atoms with Crippen LogP contribution >= 0.6 is 0 Å². The SMILES string of the molecule is CCCN(Cc1ccccc1)C(=O)CNCC1CCCO1. The van der Waals surface area contributed by atoms with Gasteiger partial charge in [-0.1, -0.05) is 37.3 Å². The minimum atomic E-state index is 0.165. The summed E-state index contributed by atoms with van der Waals surface area (Å²) < 4.78 is 5.55. The molecule has 1 N–H and O–H groups in total. The van der Waals surface area contributed by atoms with Gasteiger partial charge < -0.3 is 15.0 Å². The molecule has 4 nitrogen and oxygen atoms in total. The standard InChI is InChI=1S/C17H26N2O2/c1-2-10-19(14-15-7-4-3-5-8-15)17(20)13-18-12-16-9-6-11-21-16/h3-5,7-8,16,18H,2,6,9-14H2,1H3. The van der Waals surface area contributed by atoms with Gasteiger partial charge in [0.1, 0.15) is 0 Å². The highest BCUT2D eigenvalue weighted by atomic mass is 16.5. The molecule has 1 aliphatic rings. The molecule has 1 unspecified atom stereocenters. The number of nitrogens with zero attached hydrogens (tertiary/aromatic N) is 1. The van der Waals surface area contributed by atoms with Crippen LogP contribution in [0.4, 0.5) is 0 Å². The molecule has 4 heteroatoms. The molecule has 1 amide bonds. The molecule has 1 fully saturated rings. The number of benzene rings is 1. The Hall–Kier alpha value is -1.39. The maximum atomic E-state index is 12.3. The first kappa shape index (κ1) is 16.0. The van der Waals surface area contributed by atoms with E-state index in [-0.39, 0.29) is 12.0 Å². The molecule has 0 spiro atoms. The van der Waals surface area contributed by atoms with Gasteiger partial charge in [-0.2, -0.15) is 0 Å². The van der Waals surface area contributed by atoms with Crippen molar-refractivity contribution in [1.82, 2.24) is 10.2 Å². The van der Waals surface area contributed by atoms with Crippen molar-refractivity contribution < 1.29 is 9.53 Å². The van der Waals surface area contributed by atoms with Gasteiger partial charge in [-0.15, -0.1) is 0 Å². The third kappa shape index (κ3) is 5.48. The fraction of sp³-hybridized carbons (Fsp3) is 0.588. The van der Waals surface area contributed by atoms with E-state index < -0.39 is 0 Å². The third-order valence-corrected chi connectivity index (χ3v) is 3.73. The molecule has 2 rings (SSSR count). The van der Waals surface area contributed by atoms with Crippen molar-refractivity contribution in [2.24, 2.45) is 0 Å². The molecule has 1 heterocycles. The fourth-order valence-corrected chi connectivity index (χ4v) is 2.62. The first-order valence-corrected chi connectivity index (χ1v) is 7.93. The zero-order valence-electron chi connectivity index (χ0n) is 12.9. The van der Waals surface area contributed by atoms with Gasteiger partial charge in [0.2, 0.25) is 5.91 Å². The van der Waals surface area contributed by atoms with Gasteiger partial charge in [-0.3, -0.25) is 4.79 Å². The maximum absolute atomic E-state index is 12.3. The van der Waals surface area contributed by atoms with Crippen LogP contribution in [0.3, 0.4) is 0 Å². The van der Waals surface area contributed by atoms with Crippen LogP contribution in [0.1, 0.15) is 31.7 Å². The minimum Gasteiger partial charge on any atom is -0.377 e. The van der Waals surface area contributed by atoms with E-state index in [2.05, 4.69) is 24.4 Å². The second kappa shape index (κ2) is 8.80. The molecule has 0 saturated carbocycles. The second-order valence-corrected chi connectivity index (χ2v) is 5.57. The van der Waals surface area contributed by atoms with E-state index in [4.69, 9.17) is 4.74 Å². The predicted molar refractivity (Wildman–Crippen MR) is 84.0 cm³/mol. The molecule has 0 aromatic heterocycles. The molecule has 0 aliphatic carbocycles. The highest BCUT2D eigenvalue weighted by Crippen LogP contribution is 2.10. The van der Waals surface area contributed by atoms with Gasteiger partial charge in [0.15, 0.2) is 0 Å². The fourth-order valence-electron chi connectivity index (χ4n) is 2.62. The topological polar surface area (TPSA) is 41.6 Å². The van der Waals surface area contributed by atoms with E-state index >= 15 is 0 Å². The lowest BCUT2D eigenvalue weighted by Crippen LogP contribution is -2.40. The Morgan fingerprint density at radius 1 is 1.38 bits per heavy atom. The average Bonchev–Trinajstić information content (AvgIpc) is 3.01. The van der Waals surface area contributed by atoms with Crippen molar-refractivity contribution in [3.8, 4) is 0 Å². The van der Waals surface area contributed by atoms with Crippen LogP contribution in [0.15, 0.2) is 30.3 Å². The van der Waals surface area contributed by atoms with Crippen LogP contribution in [0.25, 0.3) is 0 Å². The smallest absolute Gasteiger partial charge is 0.236 e. The Morgan fingerprint density at radius 2 is 2.19 bits per heavy atom. The Morgan fingerprint density at radius 3 is 2.86 bits per heavy atom. The molecule has 21 heavy (non-hydrogen) atoms. The quantitative estimate of drug-likeness (QED) is 0.798. The lowest BCUT2D eigenvalue weighted by Gasteiger charge is -2.23. The largest absolute Gasteiger partial charge is 0.377 e. The number of hydrogen-bond acceptors (Lipinski definition) is 3. The summed E-state index contributed by atoms with van der Waals surface area (Å²) in [6.07, 6.45) is 3.50. The molecule has 1 aliphatic heterocycles. The lowest BCUT2D eigenvalue weighted by molar-refractivity contribution is -0.131. The molecule has 1 aromatic rings. The third-order valence-electron chi connectivity index (χ3n) is 3.73. The van der Waals surface area contributed by atoms with Crippen LogP contribution in [-0.4, -0.2) is 43.2 Å². The summed E-state index contributed by atoms with van der Waals surface area (Å²) in [5, 5.41) is 3.24. The van der Waals surface area contributed by atoms with Gasteiger partial charge >= 0.3 is 0 Å². The van der Waals surface area contributed by atoms with Crippen LogP contribution in [-0.2, 0) is 16.1 Å². The van der Waals surface area contributed by atoms with Crippen molar-refractivity contribution >= 4 is 5.91 Å². The van der Waals surface area contributed by atoms with Crippen LogP contribution in [0.2, 0.25) is 0 Å². The summed E-state index contributed by atoms with van der Waals surface area (Å²) in [7, 11) is 0.